The Hall–Kier alpha value is -2.17. The average Bonchev–Trinajstić information content (AvgIpc) is 2.96. The van der Waals surface area contributed by atoms with Gasteiger partial charge in [0.25, 0.3) is 0 Å². The number of benzene rings is 2. The Kier molecular flexibility index (Phi) is 3.99. The molecule has 0 aliphatic heterocycles. The average molecular weight is 300 g/mol. The van der Waals surface area contributed by atoms with Crippen molar-refractivity contribution in [2.45, 2.75) is 13.0 Å². The first-order chi connectivity index (χ1) is 10.3. The summed E-state index contributed by atoms with van der Waals surface area (Å²) in [7, 11) is 0. The van der Waals surface area contributed by atoms with Crippen LogP contribution in [0.3, 0.4) is 0 Å². The van der Waals surface area contributed by atoms with E-state index in [2.05, 4.69) is 10.1 Å². The summed E-state index contributed by atoms with van der Waals surface area (Å²) in [6.45, 7) is 0.488. The van der Waals surface area contributed by atoms with Gasteiger partial charge in [0.05, 0.1) is 11.4 Å². The number of halogens is 1. The first kappa shape index (κ1) is 13.8. The highest BCUT2D eigenvalue weighted by atomic mass is 35.5. The van der Waals surface area contributed by atoms with E-state index >= 15 is 0 Å². The Morgan fingerprint density at radius 1 is 1.00 bits per heavy atom. The van der Waals surface area contributed by atoms with E-state index in [0.29, 0.717) is 29.7 Å². The molecule has 0 saturated heterocycles. The zero-order valence-electron chi connectivity index (χ0n) is 11.3. The quantitative estimate of drug-likeness (QED) is 0.801. The first-order valence-electron chi connectivity index (χ1n) is 6.62. The van der Waals surface area contributed by atoms with Crippen LogP contribution in [-0.2, 0) is 13.0 Å². The minimum atomic E-state index is 0.488. The molecular weight excluding hydrogens is 286 g/mol. The third kappa shape index (κ3) is 2.96. The molecule has 0 spiro atoms. The predicted molar refractivity (Wildman–Crippen MR) is 81.9 cm³/mol. The van der Waals surface area contributed by atoms with Crippen LogP contribution in [0.1, 0.15) is 17.0 Å². The summed E-state index contributed by atoms with van der Waals surface area (Å²) in [5.41, 5.74) is 8.67. The van der Waals surface area contributed by atoms with E-state index in [-0.39, 0.29) is 0 Å². The van der Waals surface area contributed by atoms with Crippen LogP contribution in [0.5, 0.6) is 0 Å². The molecule has 21 heavy (non-hydrogen) atoms. The molecule has 0 bridgehead atoms. The maximum Gasteiger partial charge on any atom is 0.231 e. The number of nitrogens with two attached hydrogens (primary N) is 1. The normalized spacial score (nSPS) is 10.8. The van der Waals surface area contributed by atoms with Gasteiger partial charge in [-0.05, 0) is 23.3 Å². The molecule has 1 heterocycles. The summed E-state index contributed by atoms with van der Waals surface area (Å²) in [6.07, 6.45) is 0.560. The first-order valence-corrected chi connectivity index (χ1v) is 7.00. The van der Waals surface area contributed by atoms with Crippen LogP contribution in [0.15, 0.2) is 53.1 Å². The fourth-order valence-electron chi connectivity index (χ4n) is 2.17. The van der Waals surface area contributed by atoms with E-state index in [1.54, 1.807) is 6.07 Å². The van der Waals surface area contributed by atoms with E-state index in [1.807, 2.05) is 42.5 Å². The van der Waals surface area contributed by atoms with Gasteiger partial charge in [0.15, 0.2) is 0 Å². The number of hydrogen-bond acceptors (Lipinski definition) is 4. The van der Waals surface area contributed by atoms with Gasteiger partial charge in [-0.3, -0.25) is 0 Å². The third-order valence-electron chi connectivity index (χ3n) is 3.26. The highest BCUT2D eigenvalue weighted by Crippen LogP contribution is 2.25. The van der Waals surface area contributed by atoms with Crippen molar-refractivity contribution < 1.29 is 4.52 Å². The molecule has 0 amide bonds. The number of aromatic nitrogens is 2. The van der Waals surface area contributed by atoms with Crippen molar-refractivity contribution in [1.82, 2.24) is 10.1 Å². The van der Waals surface area contributed by atoms with Crippen molar-refractivity contribution in [3.8, 4) is 11.4 Å². The lowest BCUT2D eigenvalue weighted by Gasteiger charge is -2.03. The second-order valence-corrected chi connectivity index (χ2v) is 5.05. The summed E-state index contributed by atoms with van der Waals surface area (Å²) < 4.78 is 5.32. The van der Waals surface area contributed by atoms with Crippen LogP contribution >= 0.6 is 11.6 Å². The highest BCUT2D eigenvalue weighted by Gasteiger charge is 2.12. The molecule has 0 radical (unpaired) electrons. The molecule has 3 aromatic rings. The van der Waals surface area contributed by atoms with Crippen molar-refractivity contribution in [2.24, 2.45) is 5.73 Å². The van der Waals surface area contributed by atoms with E-state index in [0.717, 1.165) is 16.7 Å². The fourth-order valence-corrected chi connectivity index (χ4v) is 2.39. The smallest absolute Gasteiger partial charge is 0.231 e. The number of rotatable bonds is 4. The van der Waals surface area contributed by atoms with Gasteiger partial charge in [-0.1, -0.05) is 53.2 Å². The Morgan fingerprint density at radius 3 is 2.48 bits per heavy atom. The van der Waals surface area contributed by atoms with E-state index in [4.69, 9.17) is 21.9 Å². The lowest BCUT2D eigenvalue weighted by atomic mass is 10.0. The van der Waals surface area contributed by atoms with Gasteiger partial charge in [0.2, 0.25) is 11.7 Å². The predicted octanol–water partition coefficient (Wildman–Crippen LogP) is 3.44. The van der Waals surface area contributed by atoms with E-state index in [9.17, 15) is 0 Å². The van der Waals surface area contributed by atoms with Crippen LogP contribution in [0.2, 0.25) is 5.02 Å². The third-order valence-corrected chi connectivity index (χ3v) is 3.59. The van der Waals surface area contributed by atoms with Gasteiger partial charge in [-0.15, -0.1) is 0 Å². The number of hydrogen-bond donors (Lipinski definition) is 1. The molecule has 4 nitrogen and oxygen atoms in total. The molecule has 2 aromatic carbocycles. The second kappa shape index (κ2) is 6.08. The lowest BCUT2D eigenvalue weighted by Crippen LogP contribution is -2.02. The SMILES string of the molecule is NCc1ccccc1Cc1nc(-c2ccccc2Cl)no1. The second-order valence-electron chi connectivity index (χ2n) is 4.64. The molecule has 2 N–H and O–H groups in total. The van der Waals surface area contributed by atoms with Gasteiger partial charge >= 0.3 is 0 Å². The largest absolute Gasteiger partial charge is 0.339 e. The van der Waals surface area contributed by atoms with Crippen LogP contribution in [0, 0.1) is 0 Å². The molecule has 1 aromatic heterocycles. The van der Waals surface area contributed by atoms with Crippen molar-refractivity contribution in [3.63, 3.8) is 0 Å². The molecule has 0 atom stereocenters. The monoisotopic (exact) mass is 299 g/mol. The maximum absolute atomic E-state index is 6.14. The molecular formula is C16H14ClN3O. The van der Waals surface area contributed by atoms with E-state index < -0.39 is 0 Å². The van der Waals surface area contributed by atoms with Crippen LogP contribution in [0.25, 0.3) is 11.4 Å². The van der Waals surface area contributed by atoms with Crippen LogP contribution < -0.4 is 5.73 Å². The molecule has 0 saturated carbocycles. The summed E-state index contributed by atoms with van der Waals surface area (Å²) in [6, 6.07) is 15.4. The summed E-state index contributed by atoms with van der Waals surface area (Å²) in [5.74, 6) is 1.05. The molecule has 0 fully saturated rings. The van der Waals surface area contributed by atoms with Crippen molar-refractivity contribution >= 4 is 11.6 Å². The molecule has 106 valence electrons. The highest BCUT2D eigenvalue weighted by molar-refractivity contribution is 6.33. The zero-order chi connectivity index (χ0) is 14.7. The Labute approximate surface area is 127 Å². The standard InChI is InChI=1S/C16H14ClN3O/c17-14-8-4-3-7-13(14)16-19-15(21-20-16)9-11-5-1-2-6-12(11)10-18/h1-8H,9-10,18H2. The Balaban J connectivity index is 1.87. The van der Waals surface area contributed by atoms with Gasteiger partial charge in [0, 0.05) is 12.1 Å². The summed E-state index contributed by atoms with van der Waals surface area (Å²) >= 11 is 6.14. The Bertz CT molecular complexity index is 755. The molecule has 3 rings (SSSR count). The van der Waals surface area contributed by atoms with Crippen molar-refractivity contribution in [3.05, 3.63) is 70.6 Å². The lowest BCUT2D eigenvalue weighted by molar-refractivity contribution is 0.385. The maximum atomic E-state index is 6.14. The Morgan fingerprint density at radius 2 is 1.71 bits per heavy atom. The summed E-state index contributed by atoms with van der Waals surface area (Å²) in [4.78, 5) is 4.41. The molecule has 0 aliphatic rings. The minimum absolute atomic E-state index is 0.488. The molecule has 0 aliphatic carbocycles. The summed E-state index contributed by atoms with van der Waals surface area (Å²) in [5, 5.41) is 4.60. The zero-order valence-corrected chi connectivity index (χ0v) is 12.0. The van der Waals surface area contributed by atoms with E-state index in [1.165, 1.54) is 0 Å². The van der Waals surface area contributed by atoms with Gasteiger partial charge in [0.1, 0.15) is 0 Å². The molecule has 5 heteroatoms. The van der Waals surface area contributed by atoms with Crippen molar-refractivity contribution in [1.29, 1.82) is 0 Å². The van der Waals surface area contributed by atoms with Crippen LogP contribution in [0.4, 0.5) is 0 Å². The topological polar surface area (TPSA) is 64.9 Å². The minimum Gasteiger partial charge on any atom is -0.339 e. The molecule has 0 unspecified atom stereocenters. The van der Waals surface area contributed by atoms with Crippen LogP contribution in [-0.4, -0.2) is 10.1 Å². The van der Waals surface area contributed by atoms with Gasteiger partial charge in [-0.25, -0.2) is 0 Å². The number of nitrogens with zero attached hydrogens (tertiary/aromatic N) is 2. The van der Waals surface area contributed by atoms with Gasteiger partial charge < -0.3 is 10.3 Å². The van der Waals surface area contributed by atoms with Crippen molar-refractivity contribution in [2.75, 3.05) is 0 Å². The fraction of sp³-hybridized carbons (Fsp3) is 0.125. The van der Waals surface area contributed by atoms with Gasteiger partial charge in [-0.2, -0.15) is 4.98 Å².